The minimum absolute atomic E-state index is 0.0765. The van der Waals surface area contributed by atoms with Crippen molar-refractivity contribution in [3.63, 3.8) is 0 Å². The molecule has 1 unspecified atom stereocenters. The predicted molar refractivity (Wildman–Crippen MR) is 50.8 cm³/mol. The summed E-state index contributed by atoms with van der Waals surface area (Å²) in [6.45, 7) is 1.44. The molecule has 2 N–H and O–H groups in total. The van der Waals surface area contributed by atoms with Crippen LogP contribution in [0, 0.1) is 0 Å². The van der Waals surface area contributed by atoms with Gasteiger partial charge in [0.1, 0.15) is 0 Å². The molecule has 13 heavy (non-hydrogen) atoms. The number of carbonyl (C=O) groups is 1. The van der Waals surface area contributed by atoms with E-state index in [9.17, 15) is 9.00 Å². The highest BCUT2D eigenvalue weighted by molar-refractivity contribution is 7.80. The molecule has 0 heterocycles. The fourth-order valence-corrected chi connectivity index (χ4v) is 1.23. The van der Waals surface area contributed by atoms with Gasteiger partial charge in [-0.3, -0.25) is 14.1 Å². The first-order valence-corrected chi connectivity index (χ1v) is 4.69. The molecule has 0 fully saturated rings. The Labute approximate surface area is 78.4 Å². The number of nitrogens with one attached hydrogen (secondary N) is 1. The lowest BCUT2D eigenvalue weighted by Gasteiger charge is -2.01. The summed E-state index contributed by atoms with van der Waals surface area (Å²) in [4.78, 5) is 10.9. The highest BCUT2D eigenvalue weighted by Crippen LogP contribution is 2.11. The molecule has 0 aromatic heterocycles. The van der Waals surface area contributed by atoms with Gasteiger partial charge in [0, 0.05) is 11.3 Å². The molecular weight excluding hydrogens is 190 g/mol. The van der Waals surface area contributed by atoms with E-state index in [0.29, 0.717) is 11.3 Å². The molecule has 4 nitrogen and oxygen atoms in total. The Hall–Kier alpha value is -1.20. The van der Waals surface area contributed by atoms with Gasteiger partial charge in [0.05, 0.1) is 0 Å². The van der Waals surface area contributed by atoms with E-state index < -0.39 is 11.3 Å². The van der Waals surface area contributed by atoms with Gasteiger partial charge in [0.2, 0.25) is 0 Å². The van der Waals surface area contributed by atoms with Gasteiger partial charge in [-0.05, 0) is 19.1 Å². The highest BCUT2D eigenvalue weighted by Gasteiger charge is 2.00. The Balaban J connectivity index is 2.91. The van der Waals surface area contributed by atoms with Crippen LogP contribution in [0.2, 0.25) is 0 Å². The maximum Gasteiger partial charge on any atom is 0.259 e. The average molecular weight is 199 g/mol. The van der Waals surface area contributed by atoms with Crippen molar-refractivity contribution in [3.8, 4) is 0 Å². The third-order valence-electron chi connectivity index (χ3n) is 1.47. The van der Waals surface area contributed by atoms with E-state index in [-0.39, 0.29) is 5.78 Å². The van der Waals surface area contributed by atoms with Crippen LogP contribution in [0.4, 0.5) is 5.69 Å². The van der Waals surface area contributed by atoms with Crippen LogP contribution in [-0.4, -0.2) is 14.5 Å². The van der Waals surface area contributed by atoms with Crippen molar-refractivity contribution >= 4 is 22.7 Å². The Kier molecular flexibility index (Phi) is 3.16. The predicted octanol–water partition coefficient (Wildman–Crippen LogP) is 1.44. The van der Waals surface area contributed by atoms with E-state index in [4.69, 9.17) is 4.55 Å². The van der Waals surface area contributed by atoms with Crippen molar-refractivity contribution in [3.05, 3.63) is 29.8 Å². The van der Waals surface area contributed by atoms with Gasteiger partial charge >= 0.3 is 0 Å². The van der Waals surface area contributed by atoms with Crippen molar-refractivity contribution in [1.82, 2.24) is 0 Å². The minimum Gasteiger partial charge on any atom is -0.295 e. The van der Waals surface area contributed by atoms with Gasteiger partial charge in [-0.2, -0.15) is 0 Å². The number of rotatable bonds is 3. The first-order valence-electron chi connectivity index (χ1n) is 3.58. The van der Waals surface area contributed by atoms with E-state index in [0.717, 1.165) is 0 Å². The fraction of sp³-hybridized carbons (Fsp3) is 0.125. The lowest BCUT2D eigenvalue weighted by molar-refractivity contribution is 0.101. The molecule has 1 rings (SSSR count). The summed E-state index contributed by atoms with van der Waals surface area (Å²) in [6, 6.07) is 6.43. The quantitative estimate of drug-likeness (QED) is 0.571. The zero-order chi connectivity index (χ0) is 9.84. The highest BCUT2D eigenvalue weighted by atomic mass is 32.2. The van der Waals surface area contributed by atoms with Gasteiger partial charge in [0.25, 0.3) is 11.3 Å². The molecule has 1 aromatic rings. The lowest BCUT2D eigenvalue weighted by Crippen LogP contribution is -2.02. The molecule has 0 radical (unpaired) electrons. The van der Waals surface area contributed by atoms with Gasteiger partial charge < -0.3 is 0 Å². The topological polar surface area (TPSA) is 66.4 Å². The Bertz CT molecular complexity index is 351. The van der Waals surface area contributed by atoms with Crippen molar-refractivity contribution < 1.29 is 13.6 Å². The van der Waals surface area contributed by atoms with E-state index in [1.807, 2.05) is 0 Å². The SMILES string of the molecule is CC(=O)c1cccc(NS(=O)O)c1. The van der Waals surface area contributed by atoms with Crippen LogP contribution in [0.15, 0.2) is 24.3 Å². The Morgan fingerprint density at radius 3 is 2.77 bits per heavy atom. The molecule has 0 aliphatic carbocycles. The summed E-state index contributed by atoms with van der Waals surface area (Å²) in [6.07, 6.45) is 0. The largest absolute Gasteiger partial charge is 0.295 e. The van der Waals surface area contributed by atoms with Gasteiger partial charge in [0.15, 0.2) is 5.78 Å². The zero-order valence-electron chi connectivity index (χ0n) is 6.98. The molecule has 5 heteroatoms. The number of hydrogen-bond donors (Lipinski definition) is 2. The fourth-order valence-electron chi connectivity index (χ4n) is 0.902. The summed E-state index contributed by atoms with van der Waals surface area (Å²) in [7, 11) is 0. The number of hydrogen-bond acceptors (Lipinski definition) is 2. The standard InChI is InChI=1S/C8H9NO3S/c1-6(10)7-3-2-4-8(5-7)9-13(11)12/h2-5,9H,1H3,(H,11,12). The van der Waals surface area contributed by atoms with Crippen molar-refractivity contribution in [1.29, 1.82) is 0 Å². The first kappa shape index (κ1) is 9.88. The summed E-state index contributed by atoms with van der Waals surface area (Å²) >= 11 is -2.10. The average Bonchev–Trinajstić information content (AvgIpc) is 2.03. The summed E-state index contributed by atoms with van der Waals surface area (Å²) in [5.74, 6) is -0.0765. The second kappa shape index (κ2) is 4.15. The number of ketones is 1. The Morgan fingerprint density at radius 2 is 2.23 bits per heavy atom. The Morgan fingerprint density at radius 1 is 1.54 bits per heavy atom. The molecular formula is C8H9NO3S. The first-order chi connectivity index (χ1) is 6.09. The molecule has 0 spiro atoms. The number of Topliss-reactive ketones (excluding diaryl/α,β-unsaturated/α-hetero) is 1. The summed E-state index contributed by atoms with van der Waals surface area (Å²) in [5.41, 5.74) is 0.962. The van der Waals surface area contributed by atoms with Crippen molar-refractivity contribution in [2.45, 2.75) is 6.92 Å². The van der Waals surface area contributed by atoms with Crippen molar-refractivity contribution in [2.24, 2.45) is 0 Å². The number of benzene rings is 1. The smallest absolute Gasteiger partial charge is 0.259 e. The molecule has 0 bridgehead atoms. The van der Waals surface area contributed by atoms with Crippen LogP contribution in [0.5, 0.6) is 0 Å². The molecule has 0 aliphatic heterocycles. The monoisotopic (exact) mass is 199 g/mol. The molecule has 0 amide bonds. The van der Waals surface area contributed by atoms with Crippen LogP contribution >= 0.6 is 0 Å². The van der Waals surface area contributed by atoms with Crippen LogP contribution in [0.3, 0.4) is 0 Å². The molecule has 0 aliphatic rings. The lowest BCUT2D eigenvalue weighted by atomic mass is 10.1. The second-order valence-electron chi connectivity index (χ2n) is 2.49. The van der Waals surface area contributed by atoms with Gasteiger partial charge in [-0.1, -0.05) is 12.1 Å². The van der Waals surface area contributed by atoms with Crippen LogP contribution in [0.1, 0.15) is 17.3 Å². The van der Waals surface area contributed by atoms with Crippen molar-refractivity contribution in [2.75, 3.05) is 4.72 Å². The molecule has 70 valence electrons. The van der Waals surface area contributed by atoms with Gasteiger partial charge in [-0.25, -0.2) is 4.21 Å². The molecule has 0 saturated heterocycles. The van der Waals surface area contributed by atoms with Crippen LogP contribution in [0.25, 0.3) is 0 Å². The third kappa shape index (κ3) is 2.96. The van der Waals surface area contributed by atoms with E-state index in [2.05, 4.69) is 4.72 Å². The third-order valence-corrected chi connectivity index (χ3v) is 1.88. The van der Waals surface area contributed by atoms with Gasteiger partial charge in [-0.15, -0.1) is 0 Å². The minimum atomic E-state index is -2.10. The normalized spacial score (nSPS) is 12.2. The zero-order valence-corrected chi connectivity index (χ0v) is 7.80. The molecule has 0 saturated carbocycles. The van der Waals surface area contributed by atoms with E-state index in [1.165, 1.54) is 13.0 Å². The second-order valence-corrected chi connectivity index (χ2v) is 3.19. The molecule has 1 aromatic carbocycles. The van der Waals surface area contributed by atoms with E-state index in [1.54, 1.807) is 18.2 Å². The molecule has 1 atom stereocenters. The van der Waals surface area contributed by atoms with Crippen LogP contribution in [-0.2, 0) is 11.3 Å². The maximum absolute atomic E-state index is 10.9. The van der Waals surface area contributed by atoms with Crippen LogP contribution < -0.4 is 4.72 Å². The number of anilines is 1. The summed E-state index contributed by atoms with van der Waals surface area (Å²) < 4.78 is 21.2. The number of carbonyl (C=O) groups excluding carboxylic acids is 1. The van der Waals surface area contributed by atoms with E-state index >= 15 is 0 Å². The summed E-state index contributed by atoms with van der Waals surface area (Å²) in [5, 5.41) is 0. The maximum atomic E-state index is 10.9.